The van der Waals surface area contributed by atoms with Crippen LogP contribution in [0.2, 0.25) is 0 Å². The molecule has 1 atom stereocenters. The highest BCUT2D eigenvalue weighted by molar-refractivity contribution is 7.91. The van der Waals surface area contributed by atoms with Crippen LogP contribution in [0.1, 0.15) is 12.8 Å². The van der Waals surface area contributed by atoms with E-state index < -0.39 is 20.8 Å². The topological polar surface area (TPSA) is 99.3 Å². The van der Waals surface area contributed by atoms with Crippen molar-refractivity contribution in [3.63, 3.8) is 0 Å². The summed E-state index contributed by atoms with van der Waals surface area (Å²) < 4.78 is 37.3. The predicted octanol–water partition coefficient (Wildman–Crippen LogP) is 0.567. The Labute approximate surface area is 155 Å². The molecule has 2 aromatic rings. The number of H-pyrrole nitrogens is 1. The van der Waals surface area contributed by atoms with E-state index in [-0.39, 0.29) is 11.5 Å². The highest BCUT2D eigenvalue weighted by atomic mass is 32.2. The number of sulfone groups is 1. The molecule has 0 spiro atoms. The Morgan fingerprint density at radius 2 is 2.04 bits per heavy atom. The van der Waals surface area contributed by atoms with E-state index in [9.17, 15) is 12.6 Å². The Morgan fingerprint density at radius 1 is 1.31 bits per heavy atom. The summed E-state index contributed by atoms with van der Waals surface area (Å²) in [6.07, 6.45) is 5.39. The average Bonchev–Trinajstić information content (AvgIpc) is 3.05. The summed E-state index contributed by atoms with van der Waals surface area (Å²) in [5.41, 5.74) is 0.832. The second kappa shape index (κ2) is 6.90. The lowest BCUT2D eigenvalue weighted by Gasteiger charge is -2.42. The monoisotopic (exact) mass is 397 g/mol. The molecule has 1 aliphatic carbocycles. The zero-order chi connectivity index (χ0) is 18.3. The Kier molecular flexibility index (Phi) is 4.74. The Hall–Kier alpha value is -1.52. The maximum Gasteiger partial charge on any atom is 0.152 e. The Morgan fingerprint density at radius 3 is 2.77 bits per heavy atom. The second-order valence-corrected chi connectivity index (χ2v) is 10.9. The molecule has 1 aliphatic heterocycles. The van der Waals surface area contributed by atoms with Crippen LogP contribution < -0.4 is 4.90 Å². The lowest BCUT2D eigenvalue weighted by atomic mass is 9.81. The number of aromatic nitrogens is 3. The van der Waals surface area contributed by atoms with Gasteiger partial charge in [0.25, 0.3) is 0 Å². The minimum atomic E-state index is -2.93. The molecule has 4 rings (SSSR count). The third kappa shape index (κ3) is 3.49. The lowest BCUT2D eigenvalue weighted by molar-refractivity contribution is 0.281. The van der Waals surface area contributed by atoms with E-state index in [2.05, 4.69) is 19.9 Å². The fourth-order valence-corrected chi connectivity index (χ4v) is 6.58. The highest BCUT2D eigenvalue weighted by Gasteiger charge is 2.36. The quantitative estimate of drug-likeness (QED) is 0.792. The smallest absolute Gasteiger partial charge is 0.152 e. The fourth-order valence-electron chi connectivity index (χ4n) is 3.67. The average molecular weight is 398 g/mol. The van der Waals surface area contributed by atoms with Gasteiger partial charge in [0.1, 0.15) is 17.8 Å². The molecule has 0 bridgehead atoms. The number of anilines is 1. The Bertz CT molecular complexity index is 909. The summed E-state index contributed by atoms with van der Waals surface area (Å²) >= 11 is 0. The van der Waals surface area contributed by atoms with E-state index in [1.54, 1.807) is 6.33 Å². The first-order chi connectivity index (χ1) is 12.4. The summed E-state index contributed by atoms with van der Waals surface area (Å²) in [7, 11) is -1.97. The number of hydrogen-bond donors (Lipinski definition) is 1. The van der Waals surface area contributed by atoms with Gasteiger partial charge in [0, 0.05) is 38.1 Å². The predicted molar refractivity (Wildman–Crippen MR) is 102 cm³/mol. The van der Waals surface area contributed by atoms with E-state index in [4.69, 9.17) is 0 Å². The van der Waals surface area contributed by atoms with Gasteiger partial charge in [-0.05, 0) is 24.8 Å². The highest BCUT2D eigenvalue weighted by Crippen LogP contribution is 2.35. The first-order valence-corrected chi connectivity index (χ1v) is 11.9. The summed E-state index contributed by atoms with van der Waals surface area (Å²) in [4.78, 5) is 13.9. The molecular formula is C16H23N5O3S2. The van der Waals surface area contributed by atoms with Crippen LogP contribution in [0.25, 0.3) is 11.0 Å². The van der Waals surface area contributed by atoms with Crippen molar-refractivity contribution < 1.29 is 12.6 Å². The molecule has 26 heavy (non-hydrogen) atoms. The summed E-state index contributed by atoms with van der Waals surface area (Å²) in [6.45, 7) is 0.773. The number of nitrogens with one attached hydrogen (secondary N) is 1. The van der Waals surface area contributed by atoms with E-state index in [1.807, 2.05) is 23.6 Å². The van der Waals surface area contributed by atoms with Crippen LogP contribution in [0.4, 0.5) is 5.82 Å². The molecule has 2 fully saturated rings. The van der Waals surface area contributed by atoms with Gasteiger partial charge in [0.15, 0.2) is 9.84 Å². The molecule has 0 amide bonds. The van der Waals surface area contributed by atoms with Crippen LogP contribution in [0.5, 0.6) is 0 Å². The number of nitrogens with zero attached hydrogens (tertiary/aromatic N) is 4. The third-order valence-corrected chi connectivity index (χ3v) is 8.70. The van der Waals surface area contributed by atoms with Gasteiger partial charge in [-0.1, -0.05) is 0 Å². The van der Waals surface area contributed by atoms with Gasteiger partial charge in [0.2, 0.25) is 0 Å². The molecule has 1 unspecified atom stereocenters. The normalized spacial score (nSPS) is 27.1. The molecule has 3 heterocycles. The van der Waals surface area contributed by atoms with Gasteiger partial charge in [-0.15, -0.1) is 0 Å². The van der Waals surface area contributed by atoms with Gasteiger partial charge < -0.3 is 9.88 Å². The van der Waals surface area contributed by atoms with Crippen molar-refractivity contribution in [2.45, 2.75) is 18.9 Å². The van der Waals surface area contributed by atoms with E-state index in [0.717, 1.165) is 29.7 Å². The maximum absolute atomic E-state index is 12.5. The molecule has 10 heteroatoms. The molecule has 2 aromatic heterocycles. The van der Waals surface area contributed by atoms with Crippen LogP contribution in [0.15, 0.2) is 18.6 Å². The first-order valence-electron chi connectivity index (χ1n) is 8.78. The van der Waals surface area contributed by atoms with Crippen molar-refractivity contribution in [1.29, 1.82) is 0 Å². The molecule has 0 radical (unpaired) electrons. The fraction of sp³-hybridized carbons (Fsp3) is 0.625. The standard InChI is InChI=1S/C16H23N5O3S2/c1-20(16-14-2-3-17-15(14)18-11-19-16)13-8-12(9-13)10-25(22)21-4-6-26(23,24)7-5-21/h2-3,11-13H,4-10H2,1H3,(H,17,18,19). The van der Waals surface area contributed by atoms with E-state index >= 15 is 0 Å². The number of aromatic amines is 1. The molecule has 1 saturated carbocycles. The van der Waals surface area contributed by atoms with E-state index in [0.29, 0.717) is 30.8 Å². The second-order valence-electron chi connectivity index (χ2n) is 7.11. The van der Waals surface area contributed by atoms with Gasteiger partial charge in [-0.2, -0.15) is 0 Å². The van der Waals surface area contributed by atoms with Crippen molar-refractivity contribution in [2.75, 3.05) is 42.3 Å². The van der Waals surface area contributed by atoms with Gasteiger partial charge in [-0.3, -0.25) is 0 Å². The van der Waals surface area contributed by atoms with Crippen molar-refractivity contribution in [3.8, 4) is 0 Å². The van der Waals surface area contributed by atoms with Crippen molar-refractivity contribution in [3.05, 3.63) is 18.6 Å². The van der Waals surface area contributed by atoms with Crippen LogP contribution in [-0.2, 0) is 20.8 Å². The van der Waals surface area contributed by atoms with Crippen molar-refractivity contribution >= 4 is 37.7 Å². The molecule has 1 saturated heterocycles. The number of rotatable bonds is 5. The van der Waals surface area contributed by atoms with Crippen molar-refractivity contribution in [2.24, 2.45) is 5.92 Å². The first kappa shape index (κ1) is 17.9. The van der Waals surface area contributed by atoms with Crippen molar-refractivity contribution in [1.82, 2.24) is 19.3 Å². The lowest BCUT2D eigenvalue weighted by Crippen LogP contribution is -2.47. The van der Waals surface area contributed by atoms with Gasteiger partial charge >= 0.3 is 0 Å². The molecule has 8 nitrogen and oxygen atoms in total. The summed E-state index contributed by atoms with van der Waals surface area (Å²) in [5, 5.41) is 1.01. The van der Waals surface area contributed by atoms with Crippen LogP contribution >= 0.6 is 0 Å². The van der Waals surface area contributed by atoms with Gasteiger partial charge in [0.05, 0.1) is 27.9 Å². The molecule has 1 N–H and O–H groups in total. The minimum Gasteiger partial charge on any atom is -0.356 e. The Balaban J connectivity index is 1.31. The molecule has 2 aliphatic rings. The zero-order valence-electron chi connectivity index (χ0n) is 14.7. The molecule has 142 valence electrons. The molecular weight excluding hydrogens is 374 g/mol. The molecule has 0 aromatic carbocycles. The van der Waals surface area contributed by atoms with Gasteiger partial charge in [-0.25, -0.2) is 26.9 Å². The number of fused-ring (bicyclic) bond motifs is 1. The van der Waals surface area contributed by atoms with Crippen LogP contribution in [-0.4, -0.2) is 75.3 Å². The SMILES string of the molecule is CN(c1ncnc2[nH]ccc12)C1CC(CS(=O)N2CCS(=O)(=O)CC2)C1. The van der Waals surface area contributed by atoms with Crippen LogP contribution in [0.3, 0.4) is 0 Å². The number of hydrogen-bond acceptors (Lipinski definition) is 6. The zero-order valence-corrected chi connectivity index (χ0v) is 16.3. The summed E-state index contributed by atoms with van der Waals surface area (Å²) in [5.74, 6) is 2.19. The largest absolute Gasteiger partial charge is 0.356 e. The van der Waals surface area contributed by atoms with E-state index in [1.165, 1.54) is 0 Å². The summed E-state index contributed by atoms with van der Waals surface area (Å²) in [6, 6.07) is 2.36. The third-order valence-electron chi connectivity index (χ3n) is 5.40. The van der Waals surface area contributed by atoms with Crippen LogP contribution in [0, 0.1) is 5.92 Å². The minimum absolute atomic E-state index is 0.120. The maximum atomic E-state index is 12.5.